The lowest BCUT2D eigenvalue weighted by molar-refractivity contribution is -0.115. The van der Waals surface area contributed by atoms with Crippen LogP contribution in [0.1, 0.15) is 29.2 Å². The van der Waals surface area contributed by atoms with E-state index in [9.17, 15) is 4.79 Å². The largest absolute Gasteiger partial charge is 0.490 e. The van der Waals surface area contributed by atoms with Gasteiger partial charge in [-0.2, -0.15) is 0 Å². The molecule has 0 atom stereocenters. The Bertz CT molecular complexity index is 1370. The molecule has 1 aliphatic heterocycles. The van der Waals surface area contributed by atoms with Crippen molar-refractivity contribution >= 4 is 73.7 Å². The second-order valence-electron chi connectivity index (χ2n) is 8.04. The van der Waals surface area contributed by atoms with Gasteiger partial charge in [-0.25, -0.2) is 4.99 Å². The van der Waals surface area contributed by atoms with E-state index in [0.717, 1.165) is 32.4 Å². The first-order valence-electron chi connectivity index (χ1n) is 11.1. The number of carbonyl (C=O) groups excluding carboxylic acids is 1. The van der Waals surface area contributed by atoms with Crippen LogP contribution in [0.4, 0.5) is 5.69 Å². The van der Waals surface area contributed by atoms with E-state index in [1.54, 1.807) is 12.1 Å². The van der Waals surface area contributed by atoms with Crippen LogP contribution in [0.5, 0.6) is 11.5 Å². The third kappa shape index (κ3) is 6.45. The molecule has 4 rings (SSSR count). The SMILES string of the molecule is CCOc1cc(/C=C2\SC(=Nc3cc(C)c(Br)c(C)c3)NC2=O)ccc1OCc1ccc(Cl)cc1Cl. The molecule has 0 aromatic heterocycles. The number of aliphatic imine (C=N–C) groups is 1. The van der Waals surface area contributed by atoms with E-state index in [2.05, 4.69) is 26.2 Å². The number of amides is 1. The molecule has 3 aromatic carbocycles. The molecule has 0 spiro atoms. The van der Waals surface area contributed by atoms with Crippen LogP contribution >= 0.6 is 50.9 Å². The molecule has 0 bridgehead atoms. The second-order valence-corrected chi connectivity index (χ2v) is 10.7. The van der Waals surface area contributed by atoms with E-state index in [-0.39, 0.29) is 12.5 Å². The van der Waals surface area contributed by atoms with Crippen LogP contribution in [0, 0.1) is 13.8 Å². The summed E-state index contributed by atoms with van der Waals surface area (Å²) in [7, 11) is 0. The molecule has 5 nitrogen and oxygen atoms in total. The number of thioether (sulfide) groups is 1. The average Bonchev–Trinajstić information content (AvgIpc) is 3.16. The lowest BCUT2D eigenvalue weighted by Crippen LogP contribution is -2.19. The van der Waals surface area contributed by atoms with Crippen LogP contribution in [0.3, 0.4) is 0 Å². The van der Waals surface area contributed by atoms with E-state index < -0.39 is 0 Å². The molecule has 36 heavy (non-hydrogen) atoms. The molecule has 1 saturated heterocycles. The number of benzene rings is 3. The van der Waals surface area contributed by atoms with E-state index in [0.29, 0.717) is 38.2 Å². The van der Waals surface area contributed by atoms with Crippen molar-refractivity contribution in [3.05, 3.63) is 90.2 Å². The number of nitrogens with one attached hydrogen (secondary N) is 1. The van der Waals surface area contributed by atoms with Crippen LogP contribution in [0.15, 0.2) is 62.9 Å². The Balaban J connectivity index is 1.52. The molecular weight excluding hydrogens is 583 g/mol. The maximum absolute atomic E-state index is 12.6. The topological polar surface area (TPSA) is 59.9 Å². The number of hydrogen-bond acceptors (Lipinski definition) is 5. The van der Waals surface area contributed by atoms with Crippen molar-refractivity contribution in [3.63, 3.8) is 0 Å². The summed E-state index contributed by atoms with van der Waals surface area (Å²) in [6, 6.07) is 14.8. The lowest BCUT2D eigenvalue weighted by atomic mass is 10.1. The molecule has 1 N–H and O–H groups in total. The van der Waals surface area contributed by atoms with E-state index in [1.165, 1.54) is 11.8 Å². The summed E-state index contributed by atoms with van der Waals surface area (Å²) >= 11 is 17.1. The minimum absolute atomic E-state index is 0.194. The fraction of sp³-hybridized carbons (Fsp3) is 0.185. The first kappa shape index (κ1) is 26.6. The van der Waals surface area contributed by atoms with Gasteiger partial charge >= 0.3 is 0 Å². The minimum atomic E-state index is -0.194. The number of hydrogen-bond donors (Lipinski definition) is 1. The van der Waals surface area contributed by atoms with Gasteiger partial charge in [0.1, 0.15) is 6.61 Å². The quantitative estimate of drug-likeness (QED) is 0.275. The maximum atomic E-state index is 12.6. The molecule has 3 aromatic rings. The molecule has 1 amide bonds. The number of aryl methyl sites for hydroxylation is 2. The Morgan fingerprint density at radius 2 is 1.78 bits per heavy atom. The minimum Gasteiger partial charge on any atom is -0.490 e. The van der Waals surface area contributed by atoms with Gasteiger partial charge in [-0.15, -0.1) is 0 Å². The lowest BCUT2D eigenvalue weighted by Gasteiger charge is -2.13. The summed E-state index contributed by atoms with van der Waals surface area (Å²) in [6.07, 6.45) is 1.81. The molecular formula is C27H23BrCl2N2O3S. The van der Waals surface area contributed by atoms with Gasteiger partial charge in [0.2, 0.25) is 0 Å². The Kier molecular flexibility index (Phi) is 8.67. The molecule has 186 valence electrons. The fourth-order valence-electron chi connectivity index (χ4n) is 3.53. The zero-order chi connectivity index (χ0) is 25.8. The van der Waals surface area contributed by atoms with Gasteiger partial charge in [-0.3, -0.25) is 4.79 Å². The van der Waals surface area contributed by atoms with Crippen molar-refractivity contribution in [2.45, 2.75) is 27.4 Å². The van der Waals surface area contributed by atoms with Gasteiger partial charge in [-0.1, -0.05) is 51.3 Å². The first-order chi connectivity index (χ1) is 17.2. The highest BCUT2D eigenvalue weighted by atomic mass is 79.9. The Labute approximate surface area is 233 Å². The third-order valence-corrected chi connectivity index (χ3v) is 8.01. The van der Waals surface area contributed by atoms with Crippen molar-refractivity contribution in [1.82, 2.24) is 5.32 Å². The molecule has 0 unspecified atom stereocenters. The number of amidine groups is 1. The van der Waals surface area contributed by atoms with Gasteiger partial charge < -0.3 is 14.8 Å². The predicted molar refractivity (Wildman–Crippen MR) is 153 cm³/mol. The second kappa shape index (κ2) is 11.7. The normalized spacial score (nSPS) is 15.4. The number of ether oxygens (including phenoxy) is 2. The summed E-state index contributed by atoms with van der Waals surface area (Å²) in [5.74, 6) is 0.965. The third-order valence-electron chi connectivity index (χ3n) is 5.27. The number of halogens is 3. The van der Waals surface area contributed by atoms with Crippen molar-refractivity contribution in [3.8, 4) is 11.5 Å². The molecule has 1 heterocycles. The first-order valence-corrected chi connectivity index (χ1v) is 13.5. The number of carbonyl (C=O) groups is 1. The van der Waals surface area contributed by atoms with Crippen LogP contribution < -0.4 is 14.8 Å². The van der Waals surface area contributed by atoms with Gasteiger partial charge in [0.05, 0.1) is 17.2 Å². The molecule has 0 aliphatic carbocycles. The van der Waals surface area contributed by atoms with E-state index in [4.69, 9.17) is 32.7 Å². The molecule has 0 radical (unpaired) electrons. The summed E-state index contributed by atoms with van der Waals surface area (Å²) in [6.45, 7) is 6.67. The van der Waals surface area contributed by atoms with Crippen LogP contribution in [0.25, 0.3) is 6.08 Å². The molecule has 1 aliphatic rings. The van der Waals surface area contributed by atoms with Gasteiger partial charge in [0.15, 0.2) is 16.7 Å². The van der Waals surface area contributed by atoms with Crippen molar-refractivity contribution in [1.29, 1.82) is 0 Å². The highest BCUT2D eigenvalue weighted by Crippen LogP contribution is 2.34. The number of rotatable bonds is 7. The standard InChI is InChI=1S/C27H23BrCl2N2O3S/c1-4-34-23-11-17(5-8-22(23)35-14-18-6-7-19(29)13-21(18)30)12-24-26(33)32-27(36-24)31-20-9-15(2)25(28)16(3)10-20/h5-13H,4,14H2,1-3H3,(H,31,32,33)/b24-12-. The molecule has 1 fully saturated rings. The smallest absolute Gasteiger partial charge is 0.264 e. The number of nitrogens with zero attached hydrogens (tertiary/aromatic N) is 1. The highest BCUT2D eigenvalue weighted by Gasteiger charge is 2.24. The van der Waals surface area contributed by atoms with E-state index >= 15 is 0 Å². The van der Waals surface area contributed by atoms with Crippen LogP contribution in [-0.2, 0) is 11.4 Å². The van der Waals surface area contributed by atoms with Crippen molar-refractivity contribution in [2.75, 3.05) is 6.61 Å². The summed E-state index contributed by atoms with van der Waals surface area (Å²) in [5.41, 5.74) is 4.59. The average molecular weight is 606 g/mol. The van der Waals surface area contributed by atoms with Crippen LogP contribution in [0.2, 0.25) is 10.0 Å². The van der Waals surface area contributed by atoms with Gasteiger partial charge in [0, 0.05) is 20.1 Å². The Hall–Kier alpha value is -2.45. The van der Waals surface area contributed by atoms with E-state index in [1.807, 2.05) is 63.2 Å². The maximum Gasteiger partial charge on any atom is 0.264 e. The fourth-order valence-corrected chi connectivity index (χ4v) is 5.07. The predicted octanol–water partition coefficient (Wildman–Crippen LogP) is 8.24. The summed E-state index contributed by atoms with van der Waals surface area (Å²) in [4.78, 5) is 17.8. The Morgan fingerprint density at radius 3 is 2.47 bits per heavy atom. The molecule has 9 heteroatoms. The Morgan fingerprint density at radius 1 is 1.03 bits per heavy atom. The van der Waals surface area contributed by atoms with Gasteiger partial charge in [0.25, 0.3) is 5.91 Å². The van der Waals surface area contributed by atoms with Gasteiger partial charge in [-0.05, 0) is 91.7 Å². The van der Waals surface area contributed by atoms with Crippen molar-refractivity contribution in [2.24, 2.45) is 4.99 Å². The zero-order valence-electron chi connectivity index (χ0n) is 19.8. The molecule has 0 saturated carbocycles. The highest BCUT2D eigenvalue weighted by molar-refractivity contribution is 9.10. The van der Waals surface area contributed by atoms with Crippen molar-refractivity contribution < 1.29 is 14.3 Å². The summed E-state index contributed by atoms with van der Waals surface area (Å²) in [5, 5.41) is 4.49. The monoisotopic (exact) mass is 604 g/mol. The zero-order valence-corrected chi connectivity index (χ0v) is 23.7. The summed E-state index contributed by atoms with van der Waals surface area (Å²) < 4.78 is 12.8. The van der Waals surface area contributed by atoms with Crippen LogP contribution in [-0.4, -0.2) is 17.7 Å².